The van der Waals surface area contributed by atoms with Gasteiger partial charge in [-0.25, -0.2) is 0 Å². The molecule has 0 aliphatic rings. The molecule has 6 heteroatoms. The van der Waals surface area contributed by atoms with Gasteiger partial charge in [0.1, 0.15) is 56.9 Å². The van der Waals surface area contributed by atoms with Crippen LogP contribution in [-0.2, 0) is 19.6 Å². The number of hydrogen-bond acceptors (Lipinski definition) is 6. The Morgan fingerprint density at radius 2 is 0.707 bits per heavy atom. The van der Waals surface area contributed by atoms with Gasteiger partial charge in [0, 0.05) is 5.41 Å². The third-order valence-electron chi connectivity index (χ3n) is 6.40. The lowest BCUT2D eigenvalue weighted by atomic mass is 9.71. The molecule has 0 N–H and O–H groups in total. The highest BCUT2D eigenvalue weighted by Crippen LogP contribution is 2.40. The molecule has 0 bridgehead atoms. The standard InChI is InChI=1S/C35H42O6/c1-5-20-36-23-26-39-32-14-8-29(9-15-32)35(4,30-10-16-33(17-11-30)40-27-24-37-21-6-2)31-12-18-34(19-13-31)41-28-25-38-22-7-3/h5-22H,23-28H2,1-4H3. The van der Waals surface area contributed by atoms with Gasteiger partial charge in [-0.3, -0.25) is 0 Å². The van der Waals surface area contributed by atoms with Gasteiger partial charge in [0.2, 0.25) is 0 Å². The van der Waals surface area contributed by atoms with Crippen LogP contribution < -0.4 is 14.2 Å². The molecule has 6 nitrogen and oxygen atoms in total. The van der Waals surface area contributed by atoms with E-state index in [0.717, 1.165) is 33.9 Å². The predicted molar refractivity (Wildman–Crippen MR) is 164 cm³/mol. The highest BCUT2D eigenvalue weighted by atomic mass is 16.5. The average Bonchev–Trinajstić information content (AvgIpc) is 3.01. The van der Waals surface area contributed by atoms with Gasteiger partial charge in [-0.15, -0.1) is 0 Å². The summed E-state index contributed by atoms with van der Waals surface area (Å²) in [6.07, 6.45) is 10.6. The Balaban J connectivity index is 1.80. The summed E-state index contributed by atoms with van der Waals surface area (Å²) >= 11 is 0. The number of rotatable bonds is 18. The first-order chi connectivity index (χ1) is 20.1. The molecule has 0 aromatic heterocycles. The Morgan fingerprint density at radius 1 is 0.439 bits per heavy atom. The second-order valence-corrected chi connectivity index (χ2v) is 9.26. The third-order valence-corrected chi connectivity index (χ3v) is 6.40. The summed E-state index contributed by atoms with van der Waals surface area (Å²) in [5.74, 6) is 2.40. The zero-order valence-electron chi connectivity index (χ0n) is 24.6. The van der Waals surface area contributed by atoms with E-state index in [9.17, 15) is 0 Å². The molecule has 0 atom stereocenters. The quantitative estimate of drug-likeness (QED) is 0.0901. The zero-order chi connectivity index (χ0) is 29.2. The van der Waals surface area contributed by atoms with E-state index in [1.807, 2.05) is 75.4 Å². The van der Waals surface area contributed by atoms with Crippen molar-refractivity contribution in [1.82, 2.24) is 0 Å². The highest BCUT2D eigenvalue weighted by Gasteiger charge is 2.31. The van der Waals surface area contributed by atoms with Gasteiger partial charge < -0.3 is 28.4 Å². The van der Waals surface area contributed by atoms with E-state index >= 15 is 0 Å². The van der Waals surface area contributed by atoms with Crippen LogP contribution in [0.2, 0.25) is 0 Å². The van der Waals surface area contributed by atoms with Crippen molar-refractivity contribution in [3.63, 3.8) is 0 Å². The molecule has 0 amide bonds. The first-order valence-electron chi connectivity index (χ1n) is 14.0. The van der Waals surface area contributed by atoms with Crippen molar-refractivity contribution in [2.75, 3.05) is 39.6 Å². The van der Waals surface area contributed by atoms with Crippen LogP contribution in [0, 0.1) is 0 Å². The lowest BCUT2D eigenvalue weighted by Crippen LogP contribution is -2.25. The molecular weight excluding hydrogens is 516 g/mol. The number of benzene rings is 3. The van der Waals surface area contributed by atoms with Gasteiger partial charge in [-0.05, 0) is 80.8 Å². The SMILES string of the molecule is CC=COCCOc1ccc(C(C)(c2ccc(OCCOC=CC)cc2)c2ccc(OCCOC=CC)cc2)cc1. The summed E-state index contributed by atoms with van der Waals surface area (Å²) < 4.78 is 33.7. The maximum absolute atomic E-state index is 5.87. The van der Waals surface area contributed by atoms with E-state index in [-0.39, 0.29) is 0 Å². The highest BCUT2D eigenvalue weighted by molar-refractivity contribution is 5.52. The van der Waals surface area contributed by atoms with E-state index in [0.29, 0.717) is 39.6 Å². The van der Waals surface area contributed by atoms with Crippen molar-refractivity contribution >= 4 is 0 Å². The van der Waals surface area contributed by atoms with Crippen molar-refractivity contribution < 1.29 is 28.4 Å². The lowest BCUT2D eigenvalue weighted by Gasteiger charge is -2.32. The molecule has 0 saturated heterocycles. The molecule has 0 unspecified atom stereocenters. The smallest absolute Gasteiger partial charge is 0.122 e. The Hall–Kier alpha value is -4.32. The normalized spacial score (nSPS) is 12.9. The molecule has 3 rings (SSSR count). The number of hydrogen-bond donors (Lipinski definition) is 0. The minimum absolute atomic E-state index is 0.436. The Bertz CT molecular complexity index is 1060. The summed E-state index contributed by atoms with van der Waals surface area (Å²) in [6.45, 7) is 10.9. The fourth-order valence-corrected chi connectivity index (χ4v) is 4.27. The number of ether oxygens (including phenoxy) is 6. The first-order valence-corrected chi connectivity index (χ1v) is 14.0. The predicted octanol–water partition coefficient (Wildman–Crippen LogP) is 7.83. The third kappa shape index (κ3) is 9.67. The van der Waals surface area contributed by atoms with Crippen molar-refractivity contribution in [3.05, 3.63) is 127 Å². The van der Waals surface area contributed by atoms with E-state index < -0.39 is 5.41 Å². The van der Waals surface area contributed by atoms with Crippen LogP contribution >= 0.6 is 0 Å². The largest absolute Gasteiger partial charge is 0.498 e. The molecule has 0 aliphatic carbocycles. The Kier molecular flexibility index (Phi) is 13.2. The van der Waals surface area contributed by atoms with Crippen molar-refractivity contribution in [1.29, 1.82) is 0 Å². The van der Waals surface area contributed by atoms with E-state index in [1.165, 1.54) is 0 Å². The second kappa shape index (κ2) is 17.4. The molecule has 0 saturated carbocycles. The molecule has 3 aromatic rings. The molecule has 0 aliphatic heterocycles. The van der Waals surface area contributed by atoms with Crippen LogP contribution in [0.4, 0.5) is 0 Å². The van der Waals surface area contributed by atoms with Crippen LogP contribution in [0.25, 0.3) is 0 Å². The summed E-state index contributed by atoms with van der Waals surface area (Å²) in [5, 5.41) is 0. The second-order valence-electron chi connectivity index (χ2n) is 9.26. The summed E-state index contributed by atoms with van der Waals surface area (Å²) in [4.78, 5) is 0. The van der Waals surface area contributed by atoms with Gasteiger partial charge in [0.15, 0.2) is 0 Å². The van der Waals surface area contributed by atoms with E-state index in [2.05, 4.69) is 43.3 Å². The average molecular weight is 559 g/mol. The molecule has 0 radical (unpaired) electrons. The van der Waals surface area contributed by atoms with Crippen LogP contribution in [0.3, 0.4) is 0 Å². The summed E-state index contributed by atoms with van der Waals surface area (Å²) in [7, 11) is 0. The van der Waals surface area contributed by atoms with Gasteiger partial charge in [-0.1, -0.05) is 54.6 Å². The molecule has 218 valence electrons. The van der Waals surface area contributed by atoms with Gasteiger partial charge >= 0.3 is 0 Å². The fourth-order valence-electron chi connectivity index (χ4n) is 4.27. The van der Waals surface area contributed by atoms with Gasteiger partial charge in [0.05, 0.1) is 18.8 Å². The Morgan fingerprint density at radius 3 is 0.951 bits per heavy atom. The van der Waals surface area contributed by atoms with Crippen molar-refractivity contribution in [3.8, 4) is 17.2 Å². The van der Waals surface area contributed by atoms with Crippen LogP contribution in [0.1, 0.15) is 44.4 Å². The zero-order valence-corrected chi connectivity index (χ0v) is 24.6. The molecule has 0 heterocycles. The van der Waals surface area contributed by atoms with Crippen LogP contribution in [-0.4, -0.2) is 39.6 Å². The molecule has 0 fully saturated rings. The first kappa shape index (κ1) is 31.2. The topological polar surface area (TPSA) is 55.4 Å². The Labute approximate surface area is 244 Å². The molecular formula is C35H42O6. The van der Waals surface area contributed by atoms with Gasteiger partial charge in [0.25, 0.3) is 0 Å². The van der Waals surface area contributed by atoms with Crippen molar-refractivity contribution in [2.24, 2.45) is 0 Å². The maximum atomic E-state index is 5.87. The maximum Gasteiger partial charge on any atom is 0.122 e. The van der Waals surface area contributed by atoms with E-state index in [4.69, 9.17) is 28.4 Å². The van der Waals surface area contributed by atoms with E-state index in [1.54, 1.807) is 18.8 Å². The van der Waals surface area contributed by atoms with Crippen molar-refractivity contribution in [2.45, 2.75) is 33.1 Å². The van der Waals surface area contributed by atoms with Gasteiger partial charge in [-0.2, -0.15) is 0 Å². The molecule has 0 spiro atoms. The minimum atomic E-state index is -0.436. The molecule has 41 heavy (non-hydrogen) atoms. The number of allylic oxidation sites excluding steroid dienone is 3. The lowest BCUT2D eigenvalue weighted by molar-refractivity contribution is 0.178. The monoisotopic (exact) mass is 558 g/mol. The summed E-state index contributed by atoms with van der Waals surface area (Å²) in [5.41, 5.74) is 2.97. The fraction of sp³-hybridized carbons (Fsp3) is 0.314. The molecule has 3 aromatic carbocycles. The van der Waals surface area contributed by atoms with Crippen LogP contribution in [0.15, 0.2) is 110 Å². The summed E-state index contributed by atoms with van der Waals surface area (Å²) in [6, 6.07) is 24.8. The minimum Gasteiger partial charge on any atom is -0.498 e. The van der Waals surface area contributed by atoms with Crippen LogP contribution in [0.5, 0.6) is 17.2 Å².